The Labute approximate surface area is 186 Å². The van der Waals surface area contributed by atoms with Crippen LogP contribution in [0.25, 0.3) is 0 Å². The second-order valence-electron chi connectivity index (χ2n) is 10.6. The Kier molecular flexibility index (Phi) is 6.54. The summed E-state index contributed by atoms with van der Waals surface area (Å²) < 4.78 is 11.4. The van der Waals surface area contributed by atoms with Gasteiger partial charge in [-0.05, 0) is 51.4 Å². The smallest absolute Gasteiger partial charge is 0.225 e. The van der Waals surface area contributed by atoms with Gasteiger partial charge in [0.15, 0.2) is 0 Å². The summed E-state index contributed by atoms with van der Waals surface area (Å²) >= 11 is 0. The molecule has 1 aromatic rings. The van der Waals surface area contributed by atoms with E-state index in [-0.39, 0.29) is 41.6 Å². The summed E-state index contributed by atoms with van der Waals surface area (Å²) in [4.78, 5) is 25.0. The number of amides is 1. The number of rotatable bonds is 4. The van der Waals surface area contributed by atoms with E-state index in [1.165, 1.54) is 0 Å². The quantitative estimate of drug-likeness (QED) is 0.789. The molecule has 1 aliphatic heterocycles. The maximum absolute atomic E-state index is 13.1. The average molecular weight is 431 g/mol. The van der Waals surface area contributed by atoms with E-state index in [4.69, 9.17) is 19.4 Å². The Morgan fingerprint density at radius 2 is 2.00 bits per heavy atom. The van der Waals surface area contributed by atoms with Crippen LogP contribution >= 0.6 is 0 Å². The fraction of sp³-hybridized carbons (Fsp3) is 0.792. The Morgan fingerprint density at radius 1 is 1.26 bits per heavy atom. The molecule has 5 unspecified atom stereocenters. The first kappa shape index (κ1) is 22.5. The van der Waals surface area contributed by atoms with E-state index in [0.717, 1.165) is 68.8 Å². The molecule has 1 N–H and O–H groups in total. The SMILES string of the molecule is COC1CCCC(C(=O)NC2CC(C)(C)Cc3nc(N4CC(C)OC(C)C4)ncc32)C1. The average Bonchev–Trinajstić information content (AvgIpc) is 2.71. The monoisotopic (exact) mass is 430 g/mol. The van der Waals surface area contributed by atoms with Crippen LogP contribution in [0.5, 0.6) is 0 Å². The van der Waals surface area contributed by atoms with Crippen molar-refractivity contribution in [3.05, 3.63) is 17.5 Å². The number of methoxy groups -OCH3 is 1. The third-order valence-electron chi connectivity index (χ3n) is 7.01. The summed E-state index contributed by atoms with van der Waals surface area (Å²) in [6, 6.07) is -0.0363. The van der Waals surface area contributed by atoms with Crippen molar-refractivity contribution in [2.24, 2.45) is 11.3 Å². The lowest BCUT2D eigenvalue weighted by Gasteiger charge is -2.39. The number of hydrogen-bond donors (Lipinski definition) is 1. The van der Waals surface area contributed by atoms with E-state index in [0.29, 0.717) is 0 Å². The standard InChI is InChI=1S/C24H38N4O3/c1-15-13-28(14-16(2)31-15)23-25-12-19-20(10-24(3,4)11-21(19)27-23)26-22(29)17-7-6-8-18(9-17)30-5/h12,15-18,20H,6-11,13-14H2,1-5H3,(H,26,29). The van der Waals surface area contributed by atoms with Crippen LogP contribution in [0.2, 0.25) is 0 Å². The van der Waals surface area contributed by atoms with Gasteiger partial charge in [-0.3, -0.25) is 4.79 Å². The molecule has 31 heavy (non-hydrogen) atoms. The normalized spacial score (nSPS) is 32.9. The van der Waals surface area contributed by atoms with Gasteiger partial charge in [-0.1, -0.05) is 20.3 Å². The molecule has 172 valence electrons. The van der Waals surface area contributed by atoms with E-state index >= 15 is 0 Å². The third-order valence-corrected chi connectivity index (χ3v) is 7.01. The van der Waals surface area contributed by atoms with Gasteiger partial charge >= 0.3 is 0 Å². The van der Waals surface area contributed by atoms with Crippen molar-refractivity contribution in [3.63, 3.8) is 0 Å². The largest absolute Gasteiger partial charge is 0.381 e. The third kappa shape index (κ3) is 5.20. The molecule has 7 nitrogen and oxygen atoms in total. The molecule has 4 rings (SSSR count). The predicted octanol–water partition coefficient (Wildman–Crippen LogP) is 3.43. The van der Waals surface area contributed by atoms with Crippen molar-refractivity contribution < 1.29 is 14.3 Å². The lowest BCUT2D eigenvalue weighted by atomic mass is 9.74. The van der Waals surface area contributed by atoms with Crippen LogP contribution in [0.4, 0.5) is 5.95 Å². The van der Waals surface area contributed by atoms with Crippen LogP contribution in [-0.2, 0) is 20.7 Å². The lowest BCUT2D eigenvalue weighted by Crippen LogP contribution is -2.46. The first-order valence-electron chi connectivity index (χ1n) is 11.8. The van der Waals surface area contributed by atoms with Crippen molar-refractivity contribution in [1.29, 1.82) is 0 Å². The zero-order valence-corrected chi connectivity index (χ0v) is 19.7. The molecule has 1 saturated carbocycles. The van der Waals surface area contributed by atoms with Crippen LogP contribution in [0.15, 0.2) is 6.20 Å². The number of ether oxygens (including phenoxy) is 2. The van der Waals surface area contributed by atoms with Crippen molar-refractivity contribution in [3.8, 4) is 0 Å². The summed E-state index contributed by atoms with van der Waals surface area (Å²) in [6.45, 7) is 10.3. The van der Waals surface area contributed by atoms with Crippen molar-refractivity contribution in [2.45, 2.75) is 90.6 Å². The maximum Gasteiger partial charge on any atom is 0.225 e. The molecule has 0 spiro atoms. The van der Waals surface area contributed by atoms with E-state index in [9.17, 15) is 4.79 Å². The second-order valence-corrected chi connectivity index (χ2v) is 10.6. The molecular formula is C24H38N4O3. The van der Waals surface area contributed by atoms with Gasteiger partial charge in [-0.25, -0.2) is 9.97 Å². The van der Waals surface area contributed by atoms with Gasteiger partial charge in [0.2, 0.25) is 11.9 Å². The molecule has 2 heterocycles. The molecule has 5 atom stereocenters. The van der Waals surface area contributed by atoms with Crippen LogP contribution in [0, 0.1) is 11.3 Å². The number of nitrogens with zero attached hydrogens (tertiary/aromatic N) is 3. The highest BCUT2D eigenvalue weighted by atomic mass is 16.5. The summed E-state index contributed by atoms with van der Waals surface area (Å²) in [7, 11) is 1.75. The fourth-order valence-corrected chi connectivity index (χ4v) is 5.55. The molecule has 0 bridgehead atoms. The van der Waals surface area contributed by atoms with Gasteiger partial charge in [0.1, 0.15) is 0 Å². The number of hydrogen-bond acceptors (Lipinski definition) is 6. The minimum Gasteiger partial charge on any atom is -0.381 e. The van der Waals surface area contributed by atoms with Gasteiger partial charge in [0.25, 0.3) is 0 Å². The summed E-state index contributed by atoms with van der Waals surface area (Å²) in [5.74, 6) is 0.956. The van der Waals surface area contributed by atoms with E-state index in [1.54, 1.807) is 7.11 Å². The minimum absolute atomic E-state index is 0.0312. The molecule has 2 aliphatic carbocycles. The topological polar surface area (TPSA) is 76.6 Å². The number of aromatic nitrogens is 2. The number of morpholine rings is 1. The lowest BCUT2D eigenvalue weighted by molar-refractivity contribution is -0.128. The van der Waals surface area contributed by atoms with Crippen molar-refractivity contribution in [2.75, 3.05) is 25.1 Å². The van der Waals surface area contributed by atoms with Gasteiger partial charge in [0, 0.05) is 37.9 Å². The van der Waals surface area contributed by atoms with Gasteiger partial charge in [0.05, 0.1) is 30.0 Å². The van der Waals surface area contributed by atoms with Gasteiger partial charge in [-0.15, -0.1) is 0 Å². The summed E-state index contributed by atoms with van der Waals surface area (Å²) in [5.41, 5.74) is 2.21. The number of fused-ring (bicyclic) bond motifs is 1. The van der Waals surface area contributed by atoms with Crippen LogP contribution in [0.1, 0.15) is 77.1 Å². The number of nitrogens with one attached hydrogen (secondary N) is 1. The Hall–Kier alpha value is -1.73. The zero-order valence-electron chi connectivity index (χ0n) is 19.7. The first-order chi connectivity index (χ1) is 14.7. The Balaban J connectivity index is 1.52. The molecule has 1 amide bonds. The number of anilines is 1. The molecule has 0 aromatic carbocycles. The van der Waals surface area contributed by atoms with E-state index in [1.807, 2.05) is 6.20 Å². The van der Waals surface area contributed by atoms with Crippen LogP contribution < -0.4 is 10.2 Å². The van der Waals surface area contributed by atoms with Crippen LogP contribution in [-0.4, -0.2) is 54.4 Å². The van der Waals surface area contributed by atoms with Gasteiger partial charge < -0.3 is 19.7 Å². The fourth-order valence-electron chi connectivity index (χ4n) is 5.55. The molecule has 0 radical (unpaired) electrons. The predicted molar refractivity (Wildman–Crippen MR) is 120 cm³/mol. The van der Waals surface area contributed by atoms with Crippen LogP contribution in [0.3, 0.4) is 0 Å². The molecule has 1 aromatic heterocycles. The highest BCUT2D eigenvalue weighted by molar-refractivity contribution is 5.79. The Morgan fingerprint density at radius 3 is 2.71 bits per heavy atom. The molecule has 2 fully saturated rings. The first-order valence-corrected chi connectivity index (χ1v) is 11.8. The molecular weight excluding hydrogens is 392 g/mol. The summed E-state index contributed by atoms with van der Waals surface area (Å²) in [6.07, 6.45) is 8.13. The second kappa shape index (κ2) is 9.02. The highest BCUT2D eigenvalue weighted by Gasteiger charge is 2.37. The molecule has 3 aliphatic rings. The van der Waals surface area contributed by atoms with Crippen molar-refractivity contribution in [1.82, 2.24) is 15.3 Å². The Bertz CT molecular complexity index is 789. The summed E-state index contributed by atoms with van der Waals surface area (Å²) in [5, 5.41) is 3.35. The minimum atomic E-state index is -0.0363. The van der Waals surface area contributed by atoms with Gasteiger partial charge in [-0.2, -0.15) is 0 Å². The van der Waals surface area contributed by atoms with Crippen molar-refractivity contribution >= 4 is 11.9 Å². The molecule has 7 heteroatoms. The highest BCUT2D eigenvalue weighted by Crippen LogP contribution is 2.41. The van der Waals surface area contributed by atoms with E-state index in [2.05, 4.69) is 37.9 Å². The van der Waals surface area contributed by atoms with E-state index < -0.39 is 0 Å². The number of carbonyl (C=O) groups is 1. The maximum atomic E-state index is 13.1. The molecule has 1 saturated heterocycles. The number of carbonyl (C=O) groups excluding carboxylic acids is 1. The zero-order chi connectivity index (χ0) is 22.2.